The van der Waals surface area contributed by atoms with Gasteiger partial charge in [-0.05, 0) is 66.8 Å². The number of aromatic nitrogens is 1. The number of allylic oxidation sites excluding steroid dienone is 2. The van der Waals surface area contributed by atoms with Gasteiger partial charge in [0.15, 0.2) is 0 Å². The van der Waals surface area contributed by atoms with Gasteiger partial charge < -0.3 is 9.47 Å². The average Bonchev–Trinajstić information content (AvgIpc) is 3.28. The number of thiol groups is 1. The Bertz CT molecular complexity index is 1120. The van der Waals surface area contributed by atoms with Gasteiger partial charge in [-0.3, -0.25) is 4.90 Å². The van der Waals surface area contributed by atoms with Gasteiger partial charge in [-0.15, -0.1) is 0 Å². The lowest BCUT2D eigenvalue weighted by molar-refractivity contribution is -0.0344. The predicted molar refractivity (Wildman–Crippen MR) is 134 cm³/mol. The molecule has 0 radical (unpaired) electrons. The molecule has 3 aliphatic heterocycles. The largest absolute Gasteiger partial charge is 0.472 e. The van der Waals surface area contributed by atoms with Gasteiger partial charge in [-0.1, -0.05) is 24.3 Å². The molecule has 2 atom stereocenters. The smallest absolute Gasteiger partial charge is 0.217 e. The van der Waals surface area contributed by atoms with Crippen LogP contribution in [0.3, 0.4) is 0 Å². The molecule has 2 fully saturated rings. The van der Waals surface area contributed by atoms with E-state index < -0.39 is 5.82 Å². The highest BCUT2D eigenvalue weighted by molar-refractivity contribution is 8.23. The first-order chi connectivity index (χ1) is 16.7. The first kappa shape index (κ1) is 23.1. The van der Waals surface area contributed by atoms with Crippen LogP contribution in [0.15, 0.2) is 59.0 Å². The molecule has 0 N–H and O–H groups in total. The molecular formula is C27H30FN3O2S. The molecule has 0 spiro atoms. The molecule has 5 rings (SSSR count). The lowest BCUT2D eigenvalue weighted by Gasteiger charge is -2.35. The zero-order valence-corrected chi connectivity index (χ0v) is 20.1. The Hall–Kier alpha value is -2.66. The molecule has 0 saturated carbocycles. The number of benzene rings is 1. The summed E-state index contributed by atoms with van der Waals surface area (Å²) in [6.45, 7) is 4.16. The Kier molecular flexibility index (Phi) is 7.29. The second kappa shape index (κ2) is 10.7. The molecule has 2 aromatic rings. The van der Waals surface area contributed by atoms with Gasteiger partial charge in [0.1, 0.15) is 12.4 Å². The molecule has 0 bridgehead atoms. The zero-order valence-electron chi connectivity index (χ0n) is 19.2. The molecule has 5 nitrogen and oxygen atoms in total. The molecule has 1 aromatic carbocycles. The summed E-state index contributed by atoms with van der Waals surface area (Å²) in [4.78, 5) is 8.58. The highest BCUT2D eigenvalue weighted by Gasteiger charge is 2.27. The number of rotatable bonds is 8. The molecule has 1 aromatic heterocycles. The van der Waals surface area contributed by atoms with Crippen LogP contribution in [0, 0.1) is 17.1 Å². The third kappa shape index (κ3) is 5.35. The van der Waals surface area contributed by atoms with Crippen molar-refractivity contribution in [3.63, 3.8) is 0 Å². The van der Waals surface area contributed by atoms with E-state index in [0.717, 1.165) is 44.6 Å². The van der Waals surface area contributed by atoms with Gasteiger partial charge in [0.05, 0.1) is 17.7 Å². The number of piperidine rings is 1. The third-order valence-electron chi connectivity index (χ3n) is 6.88. The van der Waals surface area contributed by atoms with Crippen LogP contribution in [0.2, 0.25) is 0 Å². The number of ether oxygens (including phenoxy) is 2. The van der Waals surface area contributed by atoms with Crippen molar-refractivity contribution in [3.05, 3.63) is 81.5 Å². The molecule has 0 aliphatic carbocycles. The van der Waals surface area contributed by atoms with Crippen molar-refractivity contribution in [2.75, 3.05) is 32.0 Å². The number of nitrogens with zero attached hydrogens (tertiary/aromatic N) is 3. The third-order valence-corrected chi connectivity index (χ3v) is 9.24. The maximum atomic E-state index is 14.3. The number of halogens is 1. The minimum atomic E-state index is -0.427. The lowest BCUT2D eigenvalue weighted by atomic mass is 9.90. The molecule has 178 valence electrons. The van der Waals surface area contributed by atoms with E-state index >= 15 is 0 Å². The molecule has 7 heteroatoms. The van der Waals surface area contributed by atoms with E-state index in [0.29, 0.717) is 29.0 Å². The summed E-state index contributed by atoms with van der Waals surface area (Å²) in [5.74, 6) is 1.71. The maximum absolute atomic E-state index is 14.3. The summed E-state index contributed by atoms with van der Waals surface area (Å²) in [5.41, 5.74) is 1.83. The summed E-state index contributed by atoms with van der Waals surface area (Å²) in [5, 5.41) is 11.3. The van der Waals surface area contributed by atoms with Crippen LogP contribution in [0.4, 0.5) is 4.39 Å². The maximum Gasteiger partial charge on any atom is 0.217 e. The van der Waals surface area contributed by atoms with Crippen LogP contribution in [0.5, 0.6) is 5.88 Å². The first-order valence-corrected chi connectivity index (χ1v) is 13.5. The monoisotopic (exact) mass is 479 g/mol. The standard InChI is InChI=1S/C27H30FN3O2S/c28-26-15-20(16-29)5-6-22(26)18-33-27-25(4-1-10-30-27)21-7-11-31(12-8-21)17-24-3-2-14-34(24)19-23-9-13-32-23/h1-6,10,14-15,21,23,34H,7-9,11-13,17-19H2. The van der Waals surface area contributed by atoms with Crippen molar-refractivity contribution in [2.24, 2.45) is 0 Å². The number of hydrogen-bond donors (Lipinski definition) is 1. The van der Waals surface area contributed by atoms with E-state index in [9.17, 15) is 4.39 Å². The summed E-state index contributed by atoms with van der Waals surface area (Å²) >= 11 is 0. The van der Waals surface area contributed by atoms with Crippen LogP contribution < -0.4 is 4.74 Å². The number of likely N-dealkylation sites (tertiary alicyclic amines) is 1. The summed E-state index contributed by atoms with van der Waals surface area (Å²) < 4.78 is 25.9. The molecule has 4 heterocycles. The first-order valence-electron chi connectivity index (χ1n) is 11.9. The Morgan fingerprint density at radius 3 is 2.82 bits per heavy atom. The highest BCUT2D eigenvalue weighted by Crippen LogP contribution is 2.44. The Labute approximate surface area is 203 Å². The van der Waals surface area contributed by atoms with Gasteiger partial charge in [-0.2, -0.15) is 5.26 Å². The second-order valence-electron chi connectivity index (χ2n) is 9.09. The van der Waals surface area contributed by atoms with Crippen molar-refractivity contribution >= 4 is 10.9 Å². The van der Waals surface area contributed by atoms with Crippen LogP contribution in [-0.2, 0) is 11.3 Å². The van der Waals surface area contributed by atoms with Crippen molar-refractivity contribution in [1.82, 2.24) is 9.88 Å². The SMILES string of the molecule is N#Cc1ccc(COc2ncccc2C2CCN(CC3=CC=C[SH]3CC3CCO3)CC2)c(F)c1. The molecule has 34 heavy (non-hydrogen) atoms. The van der Waals surface area contributed by atoms with E-state index in [4.69, 9.17) is 14.7 Å². The van der Waals surface area contributed by atoms with Gasteiger partial charge in [0, 0.05) is 36.2 Å². The van der Waals surface area contributed by atoms with E-state index in [2.05, 4.69) is 33.5 Å². The van der Waals surface area contributed by atoms with Gasteiger partial charge in [0.25, 0.3) is 0 Å². The van der Waals surface area contributed by atoms with Gasteiger partial charge >= 0.3 is 0 Å². The quantitative estimate of drug-likeness (QED) is 0.537. The molecule has 2 unspecified atom stereocenters. The fourth-order valence-corrected chi connectivity index (χ4v) is 6.99. The van der Waals surface area contributed by atoms with Crippen LogP contribution >= 0.6 is 10.9 Å². The summed E-state index contributed by atoms with van der Waals surface area (Å²) in [6, 6.07) is 10.4. The van der Waals surface area contributed by atoms with E-state index in [1.54, 1.807) is 23.2 Å². The van der Waals surface area contributed by atoms with E-state index in [1.807, 2.05) is 12.1 Å². The fraction of sp³-hybridized carbons (Fsp3) is 0.407. The Morgan fingerprint density at radius 1 is 1.24 bits per heavy atom. The zero-order chi connectivity index (χ0) is 23.3. The van der Waals surface area contributed by atoms with E-state index in [-0.39, 0.29) is 17.5 Å². The highest BCUT2D eigenvalue weighted by atomic mass is 32.2. The minimum Gasteiger partial charge on any atom is -0.472 e. The lowest BCUT2D eigenvalue weighted by Crippen LogP contribution is -2.35. The van der Waals surface area contributed by atoms with Crippen LogP contribution in [-0.4, -0.2) is 48.0 Å². The molecule has 3 aliphatic rings. The fourth-order valence-electron chi connectivity index (χ4n) is 4.76. The van der Waals surface area contributed by atoms with Gasteiger partial charge in [-0.25, -0.2) is 20.3 Å². The van der Waals surface area contributed by atoms with Crippen molar-refractivity contribution < 1.29 is 13.9 Å². The number of nitriles is 1. The predicted octanol–water partition coefficient (Wildman–Crippen LogP) is 5.05. The van der Waals surface area contributed by atoms with Crippen molar-refractivity contribution in [1.29, 1.82) is 5.26 Å². The van der Waals surface area contributed by atoms with Crippen molar-refractivity contribution in [2.45, 2.75) is 37.9 Å². The molecular weight excluding hydrogens is 449 g/mol. The van der Waals surface area contributed by atoms with Gasteiger partial charge in [0.2, 0.25) is 5.88 Å². The molecule has 0 amide bonds. The Morgan fingerprint density at radius 2 is 2.09 bits per heavy atom. The van der Waals surface area contributed by atoms with E-state index in [1.165, 1.54) is 18.2 Å². The second-order valence-corrected chi connectivity index (χ2v) is 11.3. The summed E-state index contributed by atoms with van der Waals surface area (Å²) in [7, 11) is -0.185. The van der Waals surface area contributed by atoms with Crippen LogP contribution in [0.25, 0.3) is 0 Å². The normalized spacial score (nSPS) is 23.8. The number of pyridine rings is 1. The summed E-state index contributed by atoms with van der Waals surface area (Å²) in [6.07, 6.45) is 10.0. The Balaban J connectivity index is 1.16. The van der Waals surface area contributed by atoms with Crippen molar-refractivity contribution in [3.8, 4) is 11.9 Å². The van der Waals surface area contributed by atoms with Crippen LogP contribution in [0.1, 0.15) is 41.9 Å². The molecule has 2 saturated heterocycles. The average molecular weight is 480 g/mol. The number of hydrogen-bond acceptors (Lipinski definition) is 5. The minimum absolute atomic E-state index is 0.0931. The topological polar surface area (TPSA) is 58.4 Å².